The molecule has 0 aliphatic heterocycles. The molecule has 1 heterocycles. The predicted molar refractivity (Wildman–Crippen MR) is 119 cm³/mol. The number of thiol groups is 1. The van der Waals surface area contributed by atoms with Gasteiger partial charge in [-0.3, -0.25) is 0 Å². The van der Waals surface area contributed by atoms with Gasteiger partial charge in [0.05, 0.1) is 0 Å². The van der Waals surface area contributed by atoms with Crippen LogP contribution in [0.1, 0.15) is 0 Å². The Kier molecular flexibility index (Phi) is 5.38. The van der Waals surface area contributed by atoms with Gasteiger partial charge in [-0.1, -0.05) is 68.3 Å². The van der Waals surface area contributed by atoms with E-state index in [4.69, 9.17) is 15.0 Å². The molecule has 6 heteroatoms. The number of aromatic nitrogens is 3. The summed E-state index contributed by atoms with van der Waals surface area (Å²) in [6.45, 7) is 0. The fourth-order valence-corrected chi connectivity index (χ4v) is 3.25. The number of halogens is 2. The van der Waals surface area contributed by atoms with Crippen molar-refractivity contribution in [2.24, 2.45) is 0 Å². The Hall–Kier alpha value is -2.02. The van der Waals surface area contributed by atoms with Crippen molar-refractivity contribution >= 4 is 44.5 Å². The van der Waals surface area contributed by atoms with E-state index in [-0.39, 0.29) is 0 Å². The van der Waals surface area contributed by atoms with E-state index in [1.807, 2.05) is 72.8 Å². The van der Waals surface area contributed by atoms with Gasteiger partial charge in [0.15, 0.2) is 17.5 Å². The molecule has 1 aromatic heterocycles. The molecule has 0 aliphatic rings. The van der Waals surface area contributed by atoms with Crippen LogP contribution >= 0.6 is 44.5 Å². The highest BCUT2D eigenvalue weighted by Crippen LogP contribution is 2.26. The van der Waals surface area contributed by atoms with E-state index in [1.165, 1.54) is 0 Å². The Morgan fingerprint density at radius 3 is 1.11 bits per heavy atom. The molecule has 0 saturated carbocycles. The molecule has 3 aromatic carbocycles. The molecule has 27 heavy (non-hydrogen) atoms. The highest BCUT2D eigenvalue weighted by Gasteiger charge is 2.12. The van der Waals surface area contributed by atoms with E-state index in [0.717, 1.165) is 30.5 Å². The van der Waals surface area contributed by atoms with Crippen molar-refractivity contribution in [3.05, 3.63) is 81.7 Å². The van der Waals surface area contributed by atoms with Crippen LogP contribution in [0.4, 0.5) is 0 Å². The summed E-state index contributed by atoms with van der Waals surface area (Å²) in [5.41, 5.74) is 2.80. The molecule has 132 valence electrons. The summed E-state index contributed by atoms with van der Waals surface area (Å²) in [5, 5.41) is 0. The second-order valence-corrected chi connectivity index (χ2v) is 8.21. The first kappa shape index (κ1) is 18.3. The van der Waals surface area contributed by atoms with Crippen molar-refractivity contribution in [3.63, 3.8) is 0 Å². The van der Waals surface area contributed by atoms with Crippen LogP contribution in [0.25, 0.3) is 34.2 Å². The third-order valence-corrected chi connectivity index (χ3v) is 5.32. The highest BCUT2D eigenvalue weighted by atomic mass is 79.9. The molecule has 0 saturated heterocycles. The van der Waals surface area contributed by atoms with E-state index in [1.54, 1.807) is 0 Å². The second-order valence-electron chi connectivity index (χ2n) is 5.87. The number of benzene rings is 3. The standard InChI is InChI=1S/C21H13Br2N3S/c22-16-7-1-13(2-8-16)19-24-20(14-3-9-17(23)10-4-14)26-21(25-19)15-5-11-18(27)12-6-15/h1-12,27H. The minimum absolute atomic E-state index is 0.633. The largest absolute Gasteiger partial charge is 0.208 e. The third kappa shape index (κ3) is 4.29. The number of hydrogen-bond acceptors (Lipinski definition) is 4. The maximum absolute atomic E-state index is 4.71. The molecular weight excluding hydrogens is 486 g/mol. The zero-order valence-electron chi connectivity index (χ0n) is 14.0. The average Bonchev–Trinajstić information content (AvgIpc) is 2.69. The van der Waals surface area contributed by atoms with Crippen molar-refractivity contribution in [1.82, 2.24) is 15.0 Å². The lowest BCUT2D eigenvalue weighted by Crippen LogP contribution is -2.00. The molecule has 0 amide bonds. The van der Waals surface area contributed by atoms with E-state index < -0.39 is 0 Å². The van der Waals surface area contributed by atoms with Crippen molar-refractivity contribution in [2.45, 2.75) is 4.90 Å². The predicted octanol–water partition coefficient (Wildman–Crippen LogP) is 6.69. The van der Waals surface area contributed by atoms with Crippen molar-refractivity contribution in [3.8, 4) is 34.2 Å². The van der Waals surface area contributed by atoms with Gasteiger partial charge in [0.2, 0.25) is 0 Å². The SMILES string of the molecule is Sc1ccc(-c2nc(-c3ccc(Br)cc3)nc(-c3ccc(Br)cc3)n2)cc1. The van der Waals surface area contributed by atoms with Gasteiger partial charge >= 0.3 is 0 Å². The van der Waals surface area contributed by atoms with E-state index >= 15 is 0 Å². The summed E-state index contributed by atoms with van der Waals surface area (Å²) in [4.78, 5) is 15.0. The van der Waals surface area contributed by atoms with Gasteiger partial charge < -0.3 is 0 Å². The van der Waals surface area contributed by atoms with Gasteiger partial charge in [-0.15, -0.1) is 12.6 Å². The van der Waals surface area contributed by atoms with Crippen molar-refractivity contribution in [2.75, 3.05) is 0 Å². The first-order chi connectivity index (χ1) is 13.1. The van der Waals surface area contributed by atoms with Gasteiger partial charge in [0.1, 0.15) is 0 Å². The lowest BCUT2D eigenvalue weighted by Gasteiger charge is -2.08. The minimum Gasteiger partial charge on any atom is -0.208 e. The zero-order chi connectivity index (χ0) is 18.8. The van der Waals surface area contributed by atoms with Crippen LogP contribution in [0.15, 0.2) is 86.6 Å². The Bertz CT molecular complexity index is 926. The summed E-state index contributed by atoms with van der Waals surface area (Å²) in [7, 11) is 0. The monoisotopic (exact) mass is 497 g/mol. The Labute approximate surface area is 179 Å². The van der Waals surface area contributed by atoms with Gasteiger partial charge in [-0.2, -0.15) is 0 Å². The summed E-state index contributed by atoms with van der Waals surface area (Å²) >= 11 is 11.3. The van der Waals surface area contributed by atoms with Gasteiger partial charge in [0.25, 0.3) is 0 Å². The highest BCUT2D eigenvalue weighted by molar-refractivity contribution is 9.10. The van der Waals surface area contributed by atoms with Crippen LogP contribution in [-0.4, -0.2) is 15.0 Å². The zero-order valence-corrected chi connectivity index (χ0v) is 18.0. The first-order valence-electron chi connectivity index (χ1n) is 8.16. The molecule has 0 bridgehead atoms. The molecule has 0 aliphatic carbocycles. The van der Waals surface area contributed by atoms with Gasteiger partial charge in [-0.25, -0.2) is 15.0 Å². The molecule has 0 N–H and O–H groups in total. The molecule has 4 aromatic rings. The lowest BCUT2D eigenvalue weighted by molar-refractivity contribution is 1.07. The van der Waals surface area contributed by atoms with E-state index in [9.17, 15) is 0 Å². The molecular formula is C21H13Br2N3S. The molecule has 0 atom stereocenters. The second kappa shape index (κ2) is 7.92. The maximum atomic E-state index is 4.71. The van der Waals surface area contributed by atoms with E-state index in [2.05, 4.69) is 44.5 Å². The molecule has 4 rings (SSSR count). The summed E-state index contributed by atoms with van der Waals surface area (Å²) < 4.78 is 2.02. The summed E-state index contributed by atoms with van der Waals surface area (Å²) in [6.07, 6.45) is 0. The van der Waals surface area contributed by atoms with Crippen LogP contribution in [0.5, 0.6) is 0 Å². The molecule has 0 radical (unpaired) electrons. The third-order valence-electron chi connectivity index (χ3n) is 3.97. The number of nitrogens with zero attached hydrogens (tertiary/aromatic N) is 3. The fourth-order valence-electron chi connectivity index (χ4n) is 2.57. The number of rotatable bonds is 3. The quantitative estimate of drug-likeness (QED) is 0.320. The molecule has 3 nitrogen and oxygen atoms in total. The van der Waals surface area contributed by atoms with Gasteiger partial charge in [-0.05, 0) is 36.4 Å². The maximum Gasteiger partial charge on any atom is 0.164 e. The molecule has 0 unspecified atom stereocenters. The fraction of sp³-hybridized carbons (Fsp3) is 0. The summed E-state index contributed by atoms with van der Waals surface area (Å²) in [5.74, 6) is 1.91. The Morgan fingerprint density at radius 1 is 0.481 bits per heavy atom. The van der Waals surface area contributed by atoms with E-state index in [0.29, 0.717) is 17.5 Å². The topological polar surface area (TPSA) is 38.7 Å². The number of hydrogen-bond donors (Lipinski definition) is 1. The van der Waals surface area contributed by atoms with Crippen LogP contribution in [0, 0.1) is 0 Å². The van der Waals surface area contributed by atoms with Crippen LogP contribution < -0.4 is 0 Å². The smallest absolute Gasteiger partial charge is 0.164 e. The van der Waals surface area contributed by atoms with Gasteiger partial charge in [0, 0.05) is 30.5 Å². The van der Waals surface area contributed by atoms with Crippen molar-refractivity contribution < 1.29 is 0 Å². The van der Waals surface area contributed by atoms with Crippen LogP contribution in [0.3, 0.4) is 0 Å². The first-order valence-corrected chi connectivity index (χ1v) is 10.2. The minimum atomic E-state index is 0.633. The normalized spacial score (nSPS) is 10.8. The average molecular weight is 499 g/mol. The molecule has 0 fully saturated rings. The van der Waals surface area contributed by atoms with Crippen LogP contribution in [0.2, 0.25) is 0 Å². The summed E-state index contributed by atoms with van der Waals surface area (Å²) in [6, 6.07) is 23.7. The van der Waals surface area contributed by atoms with Crippen molar-refractivity contribution in [1.29, 1.82) is 0 Å². The van der Waals surface area contributed by atoms with Crippen LogP contribution in [-0.2, 0) is 0 Å². The lowest BCUT2D eigenvalue weighted by atomic mass is 10.1. The Morgan fingerprint density at radius 2 is 0.778 bits per heavy atom. The molecule has 0 spiro atoms. The Balaban J connectivity index is 1.89.